The summed E-state index contributed by atoms with van der Waals surface area (Å²) in [7, 11) is 4.13. The Morgan fingerprint density at radius 3 is 2.50 bits per heavy atom. The molecule has 1 aromatic heterocycles. The van der Waals surface area contributed by atoms with Crippen LogP contribution < -0.4 is 11.1 Å². The largest absolute Gasteiger partial charge is 0.370 e. The van der Waals surface area contributed by atoms with Crippen molar-refractivity contribution >= 4 is 23.0 Å². The van der Waals surface area contributed by atoms with Crippen LogP contribution in [-0.2, 0) is 0 Å². The summed E-state index contributed by atoms with van der Waals surface area (Å²) in [5.41, 5.74) is 8.38. The van der Waals surface area contributed by atoms with Gasteiger partial charge >= 0.3 is 0 Å². The molecule has 24 heavy (non-hydrogen) atoms. The minimum absolute atomic E-state index is 0.248. The number of aliphatic imine (C=N–C) groups is 1. The van der Waals surface area contributed by atoms with Crippen LogP contribution in [0.2, 0.25) is 0 Å². The zero-order valence-corrected chi connectivity index (χ0v) is 15.8. The van der Waals surface area contributed by atoms with Crippen LogP contribution in [0.25, 0.3) is 0 Å². The number of likely N-dealkylation sites (N-methyl/N-ethyl adjacent to an activating group) is 1. The van der Waals surface area contributed by atoms with Gasteiger partial charge in [0.15, 0.2) is 5.96 Å². The van der Waals surface area contributed by atoms with Gasteiger partial charge < -0.3 is 16.0 Å². The maximum Gasteiger partial charge on any atom is 0.193 e. The summed E-state index contributed by atoms with van der Waals surface area (Å²) in [5.74, 6) is 1.03. The molecule has 0 radical (unpaired) electrons. The van der Waals surface area contributed by atoms with Gasteiger partial charge in [-0.15, -0.1) is 11.3 Å². The summed E-state index contributed by atoms with van der Waals surface area (Å²) in [6, 6.07) is 12.9. The van der Waals surface area contributed by atoms with Gasteiger partial charge in [0.2, 0.25) is 0 Å². The number of nitrogens with one attached hydrogen (secondary N) is 1. The highest BCUT2D eigenvalue weighted by atomic mass is 32.1. The third-order valence-corrected chi connectivity index (χ3v) is 5.27. The van der Waals surface area contributed by atoms with Gasteiger partial charge in [-0.3, -0.25) is 4.99 Å². The highest BCUT2D eigenvalue weighted by Gasteiger charge is 2.14. The lowest BCUT2D eigenvalue weighted by Crippen LogP contribution is -2.26. The van der Waals surface area contributed by atoms with Gasteiger partial charge in [0, 0.05) is 10.6 Å². The van der Waals surface area contributed by atoms with Gasteiger partial charge in [-0.25, -0.2) is 0 Å². The minimum atomic E-state index is 0.248. The van der Waals surface area contributed by atoms with Crippen LogP contribution in [0, 0.1) is 0 Å². The van der Waals surface area contributed by atoms with Crippen molar-refractivity contribution in [1.29, 1.82) is 0 Å². The molecule has 1 heterocycles. The number of hydrogen-bond donors (Lipinski definition) is 2. The molecule has 0 saturated heterocycles. The molecule has 2 atom stereocenters. The predicted octanol–water partition coefficient (Wildman–Crippen LogP) is 4.29. The first-order valence-electron chi connectivity index (χ1n) is 8.38. The Balaban J connectivity index is 1.98. The van der Waals surface area contributed by atoms with Crippen molar-refractivity contribution in [1.82, 2.24) is 4.90 Å². The molecule has 3 N–H and O–H groups in total. The van der Waals surface area contributed by atoms with Crippen LogP contribution in [0.5, 0.6) is 0 Å². The first kappa shape index (κ1) is 18.5. The highest BCUT2D eigenvalue weighted by Crippen LogP contribution is 2.23. The van der Waals surface area contributed by atoms with Gasteiger partial charge in [0.1, 0.15) is 0 Å². The van der Waals surface area contributed by atoms with Crippen LogP contribution >= 0.6 is 11.3 Å². The van der Waals surface area contributed by atoms with E-state index >= 15 is 0 Å². The quantitative estimate of drug-likeness (QED) is 0.582. The van der Waals surface area contributed by atoms with Crippen LogP contribution in [0.1, 0.15) is 42.7 Å². The molecule has 0 aliphatic carbocycles. The molecule has 0 saturated carbocycles. The second-order valence-electron chi connectivity index (χ2n) is 6.28. The van der Waals surface area contributed by atoms with Crippen molar-refractivity contribution < 1.29 is 0 Å². The monoisotopic (exact) mass is 344 g/mol. The molecule has 0 spiro atoms. The maximum atomic E-state index is 6.06. The molecule has 4 nitrogen and oxygen atoms in total. The summed E-state index contributed by atoms with van der Waals surface area (Å²) in [4.78, 5) is 7.99. The van der Waals surface area contributed by atoms with Gasteiger partial charge in [-0.2, -0.15) is 0 Å². The molecule has 2 unspecified atom stereocenters. The molecule has 2 aromatic rings. The Morgan fingerprint density at radius 2 is 1.96 bits per heavy atom. The molecule has 2 rings (SSSR count). The van der Waals surface area contributed by atoms with Crippen LogP contribution in [-0.4, -0.2) is 31.5 Å². The molecule has 1 aromatic carbocycles. The third-order valence-electron chi connectivity index (χ3n) is 4.29. The first-order valence-corrected chi connectivity index (χ1v) is 9.26. The molecule has 130 valence electrons. The molecular weight excluding hydrogens is 316 g/mol. The maximum absolute atomic E-state index is 6.06. The third kappa shape index (κ3) is 5.08. The van der Waals surface area contributed by atoms with E-state index in [1.165, 1.54) is 10.4 Å². The Bertz CT molecular complexity index is 632. The van der Waals surface area contributed by atoms with E-state index in [1.807, 2.05) is 0 Å². The predicted molar refractivity (Wildman–Crippen MR) is 106 cm³/mol. The van der Waals surface area contributed by atoms with E-state index in [2.05, 4.69) is 84.9 Å². The Kier molecular flexibility index (Phi) is 6.82. The SMILES string of the molecule is CCC(C)c1ccc(NC(N)=NCC(c2cccs2)N(C)C)cc1. The lowest BCUT2D eigenvalue weighted by atomic mass is 9.99. The van der Waals surface area contributed by atoms with E-state index in [1.54, 1.807) is 11.3 Å². The van der Waals surface area contributed by atoms with Crippen LogP contribution in [0.4, 0.5) is 5.69 Å². The fourth-order valence-corrected chi connectivity index (χ4v) is 3.41. The number of nitrogens with zero attached hydrogens (tertiary/aromatic N) is 2. The number of guanidine groups is 1. The van der Waals surface area contributed by atoms with E-state index < -0.39 is 0 Å². The summed E-state index contributed by atoms with van der Waals surface area (Å²) in [6.07, 6.45) is 1.14. The number of benzene rings is 1. The van der Waals surface area contributed by atoms with Crippen molar-refractivity contribution in [3.8, 4) is 0 Å². The van der Waals surface area contributed by atoms with Crippen molar-refractivity contribution in [3.63, 3.8) is 0 Å². The summed E-state index contributed by atoms with van der Waals surface area (Å²) >= 11 is 1.75. The Hall–Kier alpha value is -1.85. The summed E-state index contributed by atoms with van der Waals surface area (Å²) in [6.45, 7) is 5.08. The molecule has 0 amide bonds. The van der Waals surface area contributed by atoms with E-state index in [9.17, 15) is 0 Å². The van der Waals surface area contributed by atoms with Gasteiger partial charge in [0.25, 0.3) is 0 Å². The summed E-state index contributed by atoms with van der Waals surface area (Å²) < 4.78 is 0. The first-order chi connectivity index (χ1) is 11.5. The molecule has 0 fully saturated rings. The molecule has 0 aliphatic rings. The molecule has 0 bridgehead atoms. The molecule has 5 heteroatoms. The normalized spacial score (nSPS) is 14.6. The standard InChI is InChI=1S/C19H28N4S/c1-5-14(2)15-8-10-16(11-9-15)22-19(20)21-13-17(23(3)4)18-7-6-12-24-18/h6-12,14,17H,5,13H2,1-4H3,(H3,20,21,22). The number of nitrogens with two attached hydrogens (primary N) is 1. The number of hydrogen-bond acceptors (Lipinski definition) is 3. The van der Waals surface area contributed by atoms with Crippen molar-refractivity contribution in [2.75, 3.05) is 26.0 Å². The number of anilines is 1. The van der Waals surface area contributed by atoms with E-state index in [-0.39, 0.29) is 6.04 Å². The van der Waals surface area contributed by atoms with Crippen LogP contribution in [0.3, 0.4) is 0 Å². The van der Waals surface area contributed by atoms with Crippen LogP contribution in [0.15, 0.2) is 46.8 Å². The highest BCUT2D eigenvalue weighted by molar-refractivity contribution is 7.10. The number of thiophene rings is 1. The Morgan fingerprint density at radius 1 is 1.25 bits per heavy atom. The average Bonchev–Trinajstić information content (AvgIpc) is 3.09. The van der Waals surface area contributed by atoms with Gasteiger partial charge in [-0.05, 0) is 55.6 Å². The topological polar surface area (TPSA) is 53.6 Å². The summed E-state index contributed by atoms with van der Waals surface area (Å²) in [5, 5.41) is 5.27. The fourth-order valence-electron chi connectivity index (χ4n) is 2.49. The van der Waals surface area contributed by atoms with Crippen molar-refractivity contribution in [2.45, 2.75) is 32.2 Å². The number of rotatable bonds is 7. The van der Waals surface area contributed by atoms with E-state index in [0.29, 0.717) is 18.4 Å². The van der Waals surface area contributed by atoms with E-state index in [4.69, 9.17) is 5.73 Å². The second-order valence-corrected chi connectivity index (χ2v) is 7.26. The molecule has 0 aliphatic heterocycles. The minimum Gasteiger partial charge on any atom is -0.370 e. The fraction of sp³-hybridized carbons (Fsp3) is 0.421. The van der Waals surface area contributed by atoms with Gasteiger partial charge in [0.05, 0.1) is 12.6 Å². The zero-order chi connectivity index (χ0) is 17.5. The smallest absolute Gasteiger partial charge is 0.193 e. The lowest BCUT2D eigenvalue weighted by Gasteiger charge is -2.21. The lowest BCUT2D eigenvalue weighted by molar-refractivity contribution is 0.311. The zero-order valence-electron chi connectivity index (χ0n) is 15.0. The second kappa shape index (κ2) is 8.85. The van der Waals surface area contributed by atoms with Crippen molar-refractivity contribution in [2.24, 2.45) is 10.7 Å². The van der Waals surface area contributed by atoms with Crippen molar-refractivity contribution in [3.05, 3.63) is 52.2 Å². The van der Waals surface area contributed by atoms with Gasteiger partial charge in [-0.1, -0.05) is 32.0 Å². The Labute approximate surface area is 149 Å². The van der Waals surface area contributed by atoms with E-state index in [0.717, 1.165) is 12.1 Å². The average molecular weight is 345 g/mol. The molecular formula is C19H28N4S.